The maximum atomic E-state index is 12.0. The molecule has 2 aliphatic rings. The third kappa shape index (κ3) is 2.20. The first kappa shape index (κ1) is 12.9. The lowest BCUT2D eigenvalue weighted by molar-refractivity contribution is -0.146. The van der Waals surface area contributed by atoms with Gasteiger partial charge in [-0.3, -0.25) is 4.99 Å². The summed E-state index contributed by atoms with van der Waals surface area (Å²) in [6.07, 6.45) is 3.43. The molecule has 0 N–H and O–H groups in total. The molecule has 1 aromatic carbocycles. The summed E-state index contributed by atoms with van der Waals surface area (Å²) < 4.78 is 5.48. The number of benzene rings is 1. The molecule has 0 spiro atoms. The molecule has 0 unspecified atom stereocenters. The smallest absolute Gasteiger partial charge is 0.353 e. The van der Waals surface area contributed by atoms with Gasteiger partial charge < -0.3 is 4.74 Å². The Labute approximate surface area is 118 Å². The van der Waals surface area contributed by atoms with Crippen LogP contribution in [-0.2, 0) is 16.0 Å². The van der Waals surface area contributed by atoms with Crippen LogP contribution < -0.4 is 0 Å². The average molecular weight is 268 g/mol. The van der Waals surface area contributed by atoms with Gasteiger partial charge in [0.25, 0.3) is 0 Å². The first-order valence-corrected chi connectivity index (χ1v) is 6.98. The number of hydrogen-bond donors (Lipinski definition) is 0. The Morgan fingerprint density at radius 3 is 2.90 bits per heavy atom. The van der Waals surface area contributed by atoms with E-state index >= 15 is 0 Å². The Balaban J connectivity index is 1.92. The van der Waals surface area contributed by atoms with Crippen LogP contribution in [0.15, 0.2) is 35.3 Å². The number of fused-ring (bicyclic) bond motifs is 1. The predicted molar refractivity (Wildman–Crippen MR) is 74.3 cm³/mol. The van der Waals surface area contributed by atoms with Gasteiger partial charge in [-0.2, -0.15) is 5.26 Å². The van der Waals surface area contributed by atoms with E-state index in [0.29, 0.717) is 18.6 Å². The lowest BCUT2D eigenvalue weighted by atomic mass is 9.79. The second-order valence-electron chi connectivity index (χ2n) is 5.40. The van der Waals surface area contributed by atoms with Crippen molar-refractivity contribution in [2.24, 2.45) is 4.99 Å². The zero-order chi connectivity index (χ0) is 14.0. The molecule has 4 heteroatoms. The maximum absolute atomic E-state index is 12.0. The normalized spacial score (nSPS) is 28.9. The van der Waals surface area contributed by atoms with Crippen molar-refractivity contribution in [2.75, 3.05) is 0 Å². The molecule has 1 aliphatic heterocycles. The summed E-state index contributed by atoms with van der Waals surface area (Å²) in [6.45, 7) is 0. The lowest BCUT2D eigenvalue weighted by Crippen LogP contribution is -2.50. The highest BCUT2D eigenvalue weighted by atomic mass is 16.5. The van der Waals surface area contributed by atoms with Crippen molar-refractivity contribution < 1.29 is 9.53 Å². The van der Waals surface area contributed by atoms with Crippen LogP contribution in [0.25, 0.3) is 0 Å². The number of ether oxygens (including phenoxy) is 1. The van der Waals surface area contributed by atoms with Gasteiger partial charge in [-0.1, -0.05) is 30.3 Å². The lowest BCUT2D eigenvalue weighted by Gasteiger charge is -2.38. The minimum atomic E-state index is -0.851. The molecule has 0 saturated heterocycles. The molecular formula is C16H16N2O2. The summed E-state index contributed by atoms with van der Waals surface area (Å²) in [5, 5.41) is 9.50. The molecule has 0 radical (unpaired) electrons. The van der Waals surface area contributed by atoms with Crippen LogP contribution in [0.2, 0.25) is 0 Å². The summed E-state index contributed by atoms with van der Waals surface area (Å²) in [6, 6.07) is 12.0. The van der Waals surface area contributed by atoms with E-state index in [0.717, 1.165) is 24.8 Å². The molecule has 4 nitrogen and oxygen atoms in total. The summed E-state index contributed by atoms with van der Waals surface area (Å²) >= 11 is 0. The van der Waals surface area contributed by atoms with Crippen molar-refractivity contribution >= 4 is 11.7 Å². The third-order valence-electron chi connectivity index (χ3n) is 4.03. The van der Waals surface area contributed by atoms with Crippen molar-refractivity contribution in [3.63, 3.8) is 0 Å². The van der Waals surface area contributed by atoms with E-state index in [-0.39, 0.29) is 12.1 Å². The first-order valence-electron chi connectivity index (χ1n) is 6.98. The standard InChI is InChI=1S/C16H16N2O2/c17-11-16-9-5-4-8-14(16)20-15(19)13(18-16)10-12-6-2-1-3-7-12/h1-3,6-7,14H,4-5,8-10H2/t14-,16-/m0/s1. The van der Waals surface area contributed by atoms with Crippen LogP contribution in [0.1, 0.15) is 31.2 Å². The van der Waals surface area contributed by atoms with Crippen LogP contribution in [0.5, 0.6) is 0 Å². The van der Waals surface area contributed by atoms with E-state index in [1.165, 1.54) is 0 Å². The van der Waals surface area contributed by atoms with Gasteiger partial charge in [0.15, 0.2) is 5.54 Å². The van der Waals surface area contributed by atoms with Crippen LogP contribution in [-0.4, -0.2) is 23.3 Å². The van der Waals surface area contributed by atoms with Crippen LogP contribution in [0.3, 0.4) is 0 Å². The Morgan fingerprint density at radius 1 is 1.35 bits per heavy atom. The van der Waals surface area contributed by atoms with Gasteiger partial charge >= 0.3 is 5.97 Å². The molecule has 2 atom stereocenters. The Morgan fingerprint density at radius 2 is 2.15 bits per heavy atom. The molecule has 1 fully saturated rings. The molecule has 0 bridgehead atoms. The van der Waals surface area contributed by atoms with E-state index in [9.17, 15) is 10.1 Å². The average Bonchev–Trinajstić information content (AvgIpc) is 2.49. The molecule has 1 aromatic rings. The van der Waals surface area contributed by atoms with E-state index < -0.39 is 5.54 Å². The third-order valence-corrected chi connectivity index (χ3v) is 4.03. The van der Waals surface area contributed by atoms with Gasteiger partial charge in [-0.15, -0.1) is 0 Å². The fraction of sp³-hybridized carbons (Fsp3) is 0.438. The van der Waals surface area contributed by atoms with Crippen LogP contribution in [0.4, 0.5) is 0 Å². The largest absolute Gasteiger partial charge is 0.454 e. The van der Waals surface area contributed by atoms with Crippen molar-refractivity contribution in [1.29, 1.82) is 5.26 Å². The number of rotatable bonds is 2. The summed E-state index contributed by atoms with van der Waals surface area (Å²) in [7, 11) is 0. The number of carbonyl (C=O) groups is 1. The second-order valence-corrected chi connectivity index (χ2v) is 5.40. The van der Waals surface area contributed by atoms with Gasteiger partial charge in [0.2, 0.25) is 0 Å². The Kier molecular flexibility index (Phi) is 3.27. The number of aliphatic imine (C=N–C) groups is 1. The topological polar surface area (TPSA) is 62.4 Å². The Hall–Kier alpha value is -2.15. The molecule has 0 amide bonds. The van der Waals surface area contributed by atoms with Crippen molar-refractivity contribution in [1.82, 2.24) is 0 Å². The van der Waals surface area contributed by atoms with E-state index in [2.05, 4.69) is 11.1 Å². The molecule has 102 valence electrons. The van der Waals surface area contributed by atoms with E-state index in [4.69, 9.17) is 4.74 Å². The van der Waals surface area contributed by atoms with E-state index in [1.54, 1.807) is 0 Å². The maximum Gasteiger partial charge on any atom is 0.353 e. The van der Waals surface area contributed by atoms with Gasteiger partial charge in [0.1, 0.15) is 11.8 Å². The van der Waals surface area contributed by atoms with Gasteiger partial charge in [0, 0.05) is 6.42 Å². The first-order chi connectivity index (χ1) is 9.73. The van der Waals surface area contributed by atoms with Crippen LogP contribution >= 0.6 is 0 Å². The summed E-state index contributed by atoms with van der Waals surface area (Å²) in [5.74, 6) is -0.369. The zero-order valence-electron chi connectivity index (χ0n) is 11.2. The van der Waals surface area contributed by atoms with Gasteiger partial charge in [-0.05, 0) is 31.2 Å². The van der Waals surface area contributed by atoms with Gasteiger partial charge in [0.05, 0.1) is 6.07 Å². The fourth-order valence-corrected chi connectivity index (χ4v) is 2.95. The Bertz CT molecular complexity index is 588. The highest BCUT2D eigenvalue weighted by molar-refractivity contribution is 6.37. The summed E-state index contributed by atoms with van der Waals surface area (Å²) in [4.78, 5) is 16.6. The number of nitriles is 1. The molecule has 0 aromatic heterocycles. The zero-order valence-corrected chi connectivity index (χ0v) is 11.2. The second kappa shape index (κ2) is 5.09. The van der Waals surface area contributed by atoms with Crippen molar-refractivity contribution in [3.8, 4) is 6.07 Å². The molecule has 3 rings (SSSR count). The molecule has 1 heterocycles. The summed E-state index contributed by atoms with van der Waals surface area (Å²) in [5.41, 5.74) is 0.525. The van der Waals surface area contributed by atoms with Crippen LogP contribution in [0, 0.1) is 11.3 Å². The number of esters is 1. The minimum absolute atomic E-state index is 0.367. The molecule has 1 saturated carbocycles. The SMILES string of the molecule is N#C[C@@]12CCCC[C@@H]1OC(=O)C(Cc1ccccc1)=N2. The number of nitrogens with zero attached hydrogens (tertiary/aromatic N) is 2. The van der Waals surface area contributed by atoms with Crippen molar-refractivity contribution in [2.45, 2.75) is 43.7 Å². The molecule has 1 aliphatic carbocycles. The monoisotopic (exact) mass is 268 g/mol. The fourth-order valence-electron chi connectivity index (χ4n) is 2.95. The number of carbonyl (C=O) groups excluding carboxylic acids is 1. The highest BCUT2D eigenvalue weighted by Crippen LogP contribution is 2.36. The van der Waals surface area contributed by atoms with E-state index in [1.807, 2.05) is 30.3 Å². The number of hydrogen-bond acceptors (Lipinski definition) is 4. The van der Waals surface area contributed by atoms with Gasteiger partial charge in [-0.25, -0.2) is 4.79 Å². The molecular weight excluding hydrogens is 252 g/mol. The van der Waals surface area contributed by atoms with Crippen molar-refractivity contribution in [3.05, 3.63) is 35.9 Å². The molecule has 20 heavy (non-hydrogen) atoms. The predicted octanol–water partition coefficient (Wildman–Crippen LogP) is 2.43. The minimum Gasteiger partial charge on any atom is -0.454 e. The highest BCUT2D eigenvalue weighted by Gasteiger charge is 2.47. The quantitative estimate of drug-likeness (QED) is 0.774.